The van der Waals surface area contributed by atoms with Gasteiger partial charge in [0.1, 0.15) is 5.76 Å². The molecule has 1 aliphatic rings. The van der Waals surface area contributed by atoms with Gasteiger partial charge in [-0.25, -0.2) is 0 Å². The zero-order valence-electron chi connectivity index (χ0n) is 22.0. The number of aryl methyl sites for hydroxylation is 1. The molecule has 0 bridgehead atoms. The van der Waals surface area contributed by atoms with Gasteiger partial charge in [-0.05, 0) is 63.5 Å². The van der Waals surface area contributed by atoms with Crippen molar-refractivity contribution in [2.45, 2.75) is 58.9 Å². The van der Waals surface area contributed by atoms with Crippen molar-refractivity contribution in [3.63, 3.8) is 0 Å². The van der Waals surface area contributed by atoms with Gasteiger partial charge in [0.2, 0.25) is 0 Å². The van der Waals surface area contributed by atoms with Gasteiger partial charge in [-0.15, -0.1) is 0 Å². The molecule has 0 aromatic heterocycles. The second kappa shape index (κ2) is 13.1. The molecule has 8 nitrogen and oxygen atoms in total. The summed E-state index contributed by atoms with van der Waals surface area (Å²) in [4.78, 5) is 40.9. The highest BCUT2D eigenvalue weighted by molar-refractivity contribution is 6.46. The second-order valence-electron chi connectivity index (χ2n) is 9.61. The fourth-order valence-corrected chi connectivity index (χ4v) is 4.67. The monoisotopic (exact) mass is 507 g/mol. The molecule has 0 spiro atoms. The molecular weight excluding hydrogens is 470 g/mol. The van der Waals surface area contributed by atoms with E-state index in [1.807, 2.05) is 31.2 Å². The molecule has 37 heavy (non-hydrogen) atoms. The number of unbranched alkanes of at least 4 members (excludes halogenated alkanes) is 2. The number of Topliss-reactive ketones (excluding diaryl/α,β-unsaturated/α-hetero) is 1. The highest BCUT2D eigenvalue weighted by Gasteiger charge is 2.45. The van der Waals surface area contributed by atoms with E-state index in [-0.39, 0.29) is 22.6 Å². The predicted molar refractivity (Wildman–Crippen MR) is 144 cm³/mol. The number of carbonyl (C=O) groups excluding carboxylic acids is 2. The number of nitrogens with zero attached hydrogens (tertiary/aromatic N) is 3. The Balaban J connectivity index is 1.92. The quantitative estimate of drug-likeness (QED) is 0.124. The minimum absolute atomic E-state index is 0.0107. The molecular formula is C29H37N3O5. The smallest absolute Gasteiger partial charge is 0.295 e. The largest absolute Gasteiger partial charge is 0.507 e. The van der Waals surface area contributed by atoms with E-state index < -0.39 is 22.7 Å². The molecule has 3 rings (SSSR count). The van der Waals surface area contributed by atoms with Gasteiger partial charge in [0.15, 0.2) is 0 Å². The highest BCUT2D eigenvalue weighted by atomic mass is 16.6. The number of nitro groups is 1. The molecule has 1 amide bonds. The van der Waals surface area contributed by atoms with E-state index in [0.29, 0.717) is 13.0 Å². The molecule has 2 aromatic carbocycles. The molecule has 0 aliphatic carbocycles. The molecule has 1 heterocycles. The zero-order chi connectivity index (χ0) is 26.9. The number of aliphatic hydroxyl groups excluding tert-OH is 1. The third kappa shape index (κ3) is 6.83. The first-order valence-corrected chi connectivity index (χ1v) is 13.1. The summed E-state index contributed by atoms with van der Waals surface area (Å²) < 4.78 is 0. The van der Waals surface area contributed by atoms with Gasteiger partial charge in [-0.3, -0.25) is 19.7 Å². The van der Waals surface area contributed by atoms with Crippen LogP contribution in [0.25, 0.3) is 5.76 Å². The molecule has 2 aromatic rings. The lowest BCUT2D eigenvalue weighted by Crippen LogP contribution is -2.34. The van der Waals surface area contributed by atoms with Crippen molar-refractivity contribution in [2.24, 2.45) is 0 Å². The fourth-order valence-electron chi connectivity index (χ4n) is 4.67. The van der Waals surface area contributed by atoms with E-state index in [0.717, 1.165) is 56.4 Å². The molecule has 1 atom stereocenters. The van der Waals surface area contributed by atoms with Crippen molar-refractivity contribution < 1.29 is 19.6 Å². The third-order valence-electron chi connectivity index (χ3n) is 6.81. The van der Waals surface area contributed by atoms with Crippen molar-refractivity contribution in [1.82, 2.24) is 9.80 Å². The van der Waals surface area contributed by atoms with Gasteiger partial charge in [-0.1, -0.05) is 56.5 Å². The summed E-state index contributed by atoms with van der Waals surface area (Å²) in [6.07, 6.45) is 5.18. The van der Waals surface area contributed by atoms with E-state index in [1.54, 1.807) is 4.90 Å². The van der Waals surface area contributed by atoms with Gasteiger partial charge < -0.3 is 14.9 Å². The lowest BCUT2D eigenvalue weighted by molar-refractivity contribution is -0.384. The third-order valence-corrected chi connectivity index (χ3v) is 6.81. The van der Waals surface area contributed by atoms with E-state index in [9.17, 15) is 24.8 Å². The molecule has 1 aliphatic heterocycles. The van der Waals surface area contributed by atoms with E-state index >= 15 is 0 Å². The van der Waals surface area contributed by atoms with Crippen LogP contribution in [0.15, 0.2) is 54.1 Å². The van der Waals surface area contributed by atoms with Crippen LogP contribution in [0.3, 0.4) is 0 Å². The van der Waals surface area contributed by atoms with Crippen LogP contribution in [-0.4, -0.2) is 57.7 Å². The van der Waals surface area contributed by atoms with Crippen molar-refractivity contribution in [3.05, 3.63) is 80.9 Å². The molecule has 1 saturated heterocycles. The first-order valence-electron chi connectivity index (χ1n) is 13.1. The number of likely N-dealkylation sites (tertiary alicyclic amines) is 1. The molecule has 198 valence electrons. The SMILES string of the molecule is CCCCN(CCCC)CCCN1C(=O)C(=O)/C(=C(\O)c2ccc([N+](=O)[O-])cc2)C1c1ccc(C)cc1. The molecule has 0 radical (unpaired) electrons. The average molecular weight is 508 g/mol. The molecule has 1 unspecified atom stereocenters. The van der Waals surface area contributed by atoms with Crippen LogP contribution in [-0.2, 0) is 9.59 Å². The Kier molecular flexibility index (Phi) is 9.97. The average Bonchev–Trinajstić information content (AvgIpc) is 3.15. The summed E-state index contributed by atoms with van der Waals surface area (Å²) in [6, 6.07) is 12.2. The van der Waals surface area contributed by atoms with Crippen molar-refractivity contribution >= 4 is 23.1 Å². The van der Waals surface area contributed by atoms with Crippen LogP contribution in [0.2, 0.25) is 0 Å². The number of aliphatic hydroxyl groups is 1. The summed E-state index contributed by atoms with van der Waals surface area (Å²) in [6.45, 7) is 9.53. The molecule has 8 heteroatoms. The fraction of sp³-hybridized carbons (Fsp3) is 0.448. The molecule has 0 saturated carbocycles. The van der Waals surface area contributed by atoms with Crippen molar-refractivity contribution in [3.8, 4) is 0 Å². The van der Waals surface area contributed by atoms with Gasteiger partial charge >= 0.3 is 0 Å². The van der Waals surface area contributed by atoms with E-state index in [1.165, 1.54) is 24.3 Å². The predicted octanol–water partition coefficient (Wildman–Crippen LogP) is 5.62. The number of ketones is 1. The standard InChI is InChI=1S/C29H37N3O5/c1-4-6-17-30(18-7-5-2)19-8-20-31-26(22-11-9-21(3)10-12-22)25(28(34)29(31)35)27(33)23-13-15-24(16-14-23)32(36)37/h9-16,26,33H,4-8,17-20H2,1-3H3/b27-25-. The Morgan fingerprint density at radius 1 is 0.946 bits per heavy atom. The number of rotatable bonds is 13. The number of hydrogen-bond donors (Lipinski definition) is 1. The summed E-state index contributed by atoms with van der Waals surface area (Å²) in [7, 11) is 0. The van der Waals surface area contributed by atoms with Crippen LogP contribution in [0.4, 0.5) is 5.69 Å². The first-order chi connectivity index (χ1) is 17.8. The zero-order valence-corrected chi connectivity index (χ0v) is 22.0. The minimum Gasteiger partial charge on any atom is -0.507 e. The number of hydrogen-bond acceptors (Lipinski definition) is 6. The van der Waals surface area contributed by atoms with E-state index in [4.69, 9.17) is 0 Å². The van der Waals surface area contributed by atoms with Crippen molar-refractivity contribution in [2.75, 3.05) is 26.2 Å². The minimum atomic E-state index is -0.741. The first kappa shape index (κ1) is 28.1. The van der Waals surface area contributed by atoms with Crippen LogP contribution >= 0.6 is 0 Å². The van der Waals surface area contributed by atoms with E-state index in [2.05, 4.69) is 18.7 Å². The maximum atomic E-state index is 13.2. The number of carbonyl (C=O) groups is 2. The Hall–Kier alpha value is -3.52. The maximum absolute atomic E-state index is 13.2. The van der Waals surface area contributed by atoms with Crippen molar-refractivity contribution in [1.29, 1.82) is 0 Å². The number of non-ortho nitro benzene ring substituents is 1. The Labute approximate surface area is 218 Å². The van der Waals surface area contributed by atoms with Crippen LogP contribution in [0, 0.1) is 17.0 Å². The van der Waals surface area contributed by atoms with Gasteiger partial charge in [0.05, 0.1) is 16.5 Å². The van der Waals surface area contributed by atoms with Gasteiger partial charge in [0.25, 0.3) is 17.4 Å². The number of amides is 1. The Morgan fingerprint density at radius 3 is 2.05 bits per heavy atom. The topological polar surface area (TPSA) is 104 Å². The lowest BCUT2D eigenvalue weighted by Gasteiger charge is -2.27. The second-order valence-corrected chi connectivity index (χ2v) is 9.61. The highest BCUT2D eigenvalue weighted by Crippen LogP contribution is 2.39. The van der Waals surface area contributed by atoms with Crippen LogP contribution in [0.1, 0.15) is 68.7 Å². The summed E-state index contributed by atoms with van der Waals surface area (Å²) >= 11 is 0. The number of nitro benzene ring substituents is 1. The summed E-state index contributed by atoms with van der Waals surface area (Å²) in [5, 5.41) is 22.2. The number of benzene rings is 2. The maximum Gasteiger partial charge on any atom is 0.295 e. The summed E-state index contributed by atoms with van der Waals surface area (Å²) in [5.74, 6) is -1.70. The normalized spacial score (nSPS) is 17.1. The van der Waals surface area contributed by atoms with Gasteiger partial charge in [-0.2, -0.15) is 0 Å². The molecule has 1 N–H and O–H groups in total. The molecule has 1 fully saturated rings. The Bertz CT molecular complexity index is 1120. The Morgan fingerprint density at radius 2 is 1.51 bits per heavy atom. The van der Waals surface area contributed by atoms with Crippen LogP contribution in [0.5, 0.6) is 0 Å². The summed E-state index contributed by atoms with van der Waals surface area (Å²) in [5.41, 5.74) is 1.92. The van der Waals surface area contributed by atoms with Gasteiger partial charge in [0, 0.05) is 24.2 Å². The van der Waals surface area contributed by atoms with Crippen LogP contribution < -0.4 is 0 Å². The lowest BCUT2D eigenvalue weighted by atomic mass is 9.94.